The van der Waals surface area contributed by atoms with Crippen LogP contribution < -0.4 is 0 Å². The summed E-state index contributed by atoms with van der Waals surface area (Å²) in [6, 6.07) is 0. The Morgan fingerprint density at radius 2 is 1.39 bits per heavy atom. The van der Waals surface area contributed by atoms with E-state index in [4.69, 9.17) is 23.7 Å². The predicted molar refractivity (Wildman–Crippen MR) is 71.4 cm³/mol. The van der Waals surface area contributed by atoms with Gasteiger partial charge in [0.15, 0.2) is 17.9 Å². The smallest absolute Gasteiger partial charge is 0.190 e. The van der Waals surface area contributed by atoms with Crippen LogP contribution in [0, 0.1) is 0 Å². The van der Waals surface area contributed by atoms with Gasteiger partial charge in [0, 0.05) is 4.43 Å². The molecule has 3 rings (SSSR count). The minimum atomic E-state index is -0.629. The van der Waals surface area contributed by atoms with Crippen LogP contribution in [0.15, 0.2) is 0 Å². The lowest BCUT2D eigenvalue weighted by Crippen LogP contribution is -2.55. The van der Waals surface area contributed by atoms with E-state index in [9.17, 15) is 0 Å². The molecule has 0 amide bonds. The highest BCUT2D eigenvalue weighted by Crippen LogP contribution is 2.44. The molecule has 18 heavy (non-hydrogen) atoms. The van der Waals surface area contributed by atoms with E-state index >= 15 is 0 Å². The van der Waals surface area contributed by atoms with Crippen molar-refractivity contribution in [3.05, 3.63) is 0 Å². The van der Waals surface area contributed by atoms with Gasteiger partial charge < -0.3 is 23.7 Å². The fourth-order valence-corrected chi connectivity index (χ4v) is 3.53. The van der Waals surface area contributed by atoms with E-state index in [1.54, 1.807) is 0 Å². The van der Waals surface area contributed by atoms with Gasteiger partial charge in [-0.25, -0.2) is 0 Å². The van der Waals surface area contributed by atoms with Crippen LogP contribution in [0.4, 0.5) is 0 Å². The molecule has 0 spiro atoms. The summed E-state index contributed by atoms with van der Waals surface area (Å²) in [6.07, 6.45) is -0.809. The largest absolute Gasteiger partial charge is 0.343 e. The van der Waals surface area contributed by atoms with Crippen LogP contribution in [0.1, 0.15) is 27.7 Å². The highest BCUT2D eigenvalue weighted by molar-refractivity contribution is 14.1. The van der Waals surface area contributed by atoms with E-state index in [0.29, 0.717) is 0 Å². The topological polar surface area (TPSA) is 46.2 Å². The molecule has 3 saturated heterocycles. The van der Waals surface area contributed by atoms with E-state index in [-0.39, 0.29) is 30.7 Å². The molecule has 3 fully saturated rings. The van der Waals surface area contributed by atoms with Gasteiger partial charge in [-0.3, -0.25) is 0 Å². The fourth-order valence-electron chi connectivity index (χ4n) is 2.82. The maximum absolute atomic E-state index is 5.98. The standard InChI is InChI=1S/C12H19IO5/c1-11(2)15-7-6(5-13)14-10-9(8(7)16-11)17-12(3,4)18-10/h6-10H,5H2,1-4H3/t6-,7+,8+,9-,10-/m1/s1. The van der Waals surface area contributed by atoms with Crippen LogP contribution in [0.25, 0.3) is 0 Å². The van der Waals surface area contributed by atoms with Crippen molar-refractivity contribution in [1.29, 1.82) is 0 Å². The third-order valence-electron chi connectivity index (χ3n) is 3.40. The second-order valence-electron chi connectivity index (χ2n) is 5.86. The molecule has 0 N–H and O–H groups in total. The van der Waals surface area contributed by atoms with Crippen molar-refractivity contribution in [3.63, 3.8) is 0 Å². The number of hydrogen-bond acceptors (Lipinski definition) is 5. The lowest BCUT2D eigenvalue weighted by molar-refractivity contribution is -0.227. The summed E-state index contributed by atoms with van der Waals surface area (Å²) >= 11 is 2.30. The summed E-state index contributed by atoms with van der Waals surface area (Å²) in [5.74, 6) is -1.22. The Bertz CT molecular complexity index is 345. The van der Waals surface area contributed by atoms with Crippen molar-refractivity contribution in [2.75, 3.05) is 4.43 Å². The fraction of sp³-hybridized carbons (Fsp3) is 1.00. The average Bonchev–Trinajstić information content (AvgIpc) is 2.71. The van der Waals surface area contributed by atoms with Crippen molar-refractivity contribution in [3.8, 4) is 0 Å². The second-order valence-corrected chi connectivity index (χ2v) is 6.74. The number of fused-ring (bicyclic) bond motifs is 3. The lowest BCUT2D eigenvalue weighted by Gasteiger charge is -2.36. The first-order chi connectivity index (χ1) is 8.31. The van der Waals surface area contributed by atoms with Crippen molar-refractivity contribution in [2.45, 2.75) is 70.0 Å². The van der Waals surface area contributed by atoms with Gasteiger partial charge in [0.05, 0.1) is 6.10 Å². The SMILES string of the molecule is CC1(C)O[C@H]2[C@@H](O1)[C@@H](CI)O[C@@H]1OC(C)(C)O[C@@H]12. The Labute approximate surface area is 121 Å². The summed E-state index contributed by atoms with van der Waals surface area (Å²) in [7, 11) is 0. The van der Waals surface area contributed by atoms with Crippen LogP contribution in [-0.2, 0) is 23.7 Å². The average molecular weight is 370 g/mol. The first-order valence-electron chi connectivity index (χ1n) is 6.24. The van der Waals surface area contributed by atoms with E-state index in [1.807, 2.05) is 27.7 Å². The van der Waals surface area contributed by atoms with Gasteiger partial charge >= 0.3 is 0 Å². The molecule has 0 bridgehead atoms. The van der Waals surface area contributed by atoms with E-state index in [1.165, 1.54) is 0 Å². The molecule has 0 saturated carbocycles. The molecular weight excluding hydrogens is 351 g/mol. The van der Waals surface area contributed by atoms with Crippen molar-refractivity contribution in [2.24, 2.45) is 0 Å². The highest BCUT2D eigenvalue weighted by Gasteiger charge is 2.60. The Kier molecular flexibility index (Phi) is 3.20. The molecule has 0 aromatic carbocycles. The van der Waals surface area contributed by atoms with Crippen LogP contribution >= 0.6 is 22.6 Å². The van der Waals surface area contributed by atoms with Crippen LogP contribution in [0.3, 0.4) is 0 Å². The number of halogens is 1. The van der Waals surface area contributed by atoms with Gasteiger partial charge in [0.25, 0.3) is 0 Å². The van der Waals surface area contributed by atoms with Crippen LogP contribution in [0.2, 0.25) is 0 Å². The molecule has 5 atom stereocenters. The molecule has 0 aromatic rings. The van der Waals surface area contributed by atoms with Crippen LogP contribution in [0.5, 0.6) is 0 Å². The van der Waals surface area contributed by atoms with E-state index < -0.39 is 11.6 Å². The predicted octanol–water partition coefficient (Wildman–Crippen LogP) is 1.82. The van der Waals surface area contributed by atoms with Gasteiger partial charge in [-0.1, -0.05) is 22.6 Å². The Morgan fingerprint density at radius 3 is 2.06 bits per heavy atom. The Morgan fingerprint density at radius 1 is 0.833 bits per heavy atom. The molecular formula is C12H19IO5. The summed E-state index contributed by atoms with van der Waals surface area (Å²) in [4.78, 5) is 0. The first kappa shape index (κ1) is 13.5. The number of ether oxygens (including phenoxy) is 5. The minimum absolute atomic E-state index is 0.0175. The zero-order valence-electron chi connectivity index (χ0n) is 11.0. The van der Waals surface area contributed by atoms with Gasteiger partial charge in [-0.05, 0) is 27.7 Å². The number of rotatable bonds is 1. The summed E-state index contributed by atoms with van der Waals surface area (Å²) < 4.78 is 30.4. The normalized spacial score (nSPS) is 48.8. The minimum Gasteiger partial charge on any atom is -0.343 e. The summed E-state index contributed by atoms with van der Waals surface area (Å²) in [6.45, 7) is 7.63. The molecule has 0 aliphatic carbocycles. The van der Waals surface area contributed by atoms with Gasteiger partial charge in [-0.15, -0.1) is 0 Å². The molecule has 3 aliphatic heterocycles. The zero-order valence-corrected chi connectivity index (χ0v) is 13.2. The first-order valence-corrected chi connectivity index (χ1v) is 7.77. The summed E-state index contributed by atoms with van der Waals surface area (Å²) in [5, 5.41) is 0. The molecule has 0 aromatic heterocycles. The quantitative estimate of drug-likeness (QED) is 0.521. The second kappa shape index (κ2) is 4.26. The highest BCUT2D eigenvalue weighted by atomic mass is 127. The third kappa shape index (κ3) is 2.20. The third-order valence-corrected chi connectivity index (χ3v) is 4.27. The molecule has 6 heteroatoms. The molecule has 5 nitrogen and oxygen atoms in total. The molecule has 0 unspecified atom stereocenters. The van der Waals surface area contributed by atoms with Gasteiger partial charge in [0.2, 0.25) is 0 Å². The number of hydrogen-bond donors (Lipinski definition) is 0. The molecule has 3 aliphatic rings. The van der Waals surface area contributed by atoms with Gasteiger partial charge in [-0.2, -0.15) is 0 Å². The molecule has 3 heterocycles. The van der Waals surface area contributed by atoms with Gasteiger partial charge in [0.1, 0.15) is 18.3 Å². The van der Waals surface area contributed by atoms with Crippen molar-refractivity contribution < 1.29 is 23.7 Å². The van der Waals surface area contributed by atoms with Crippen molar-refractivity contribution >= 4 is 22.6 Å². The molecule has 0 radical (unpaired) electrons. The summed E-state index contributed by atoms with van der Waals surface area (Å²) in [5.41, 5.74) is 0. The molecule has 104 valence electrons. The Balaban J connectivity index is 1.86. The lowest BCUT2D eigenvalue weighted by atomic mass is 10.0. The maximum atomic E-state index is 5.98. The number of alkyl halides is 1. The van der Waals surface area contributed by atoms with Crippen molar-refractivity contribution in [1.82, 2.24) is 0 Å². The monoisotopic (exact) mass is 370 g/mol. The van der Waals surface area contributed by atoms with E-state index in [0.717, 1.165) is 4.43 Å². The maximum Gasteiger partial charge on any atom is 0.190 e. The zero-order chi connectivity index (χ0) is 13.1. The van der Waals surface area contributed by atoms with Crippen LogP contribution in [-0.4, -0.2) is 46.7 Å². The Hall–Kier alpha value is 0.530. The van der Waals surface area contributed by atoms with E-state index in [2.05, 4.69) is 22.6 Å².